The molecule has 122 valence electrons. The summed E-state index contributed by atoms with van der Waals surface area (Å²) in [7, 11) is 0. The van der Waals surface area contributed by atoms with Crippen LogP contribution in [0.4, 0.5) is 4.39 Å². The second kappa shape index (κ2) is 5.28. The zero-order valence-electron chi connectivity index (χ0n) is 12.4. The van der Waals surface area contributed by atoms with Gasteiger partial charge >= 0.3 is 0 Å². The molecule has 6 nitrogen and oxygen atoms in total. The third kappa shape index (κ3) is 2.22. The zero-order chi connectivity index (χ0) is 16.1. The van der Waals surface area contributed by atoms with Crippen LogP contribution in [-0.2, 0) is 0 Å². The Bertz CT molecular complexity index is 760. The molecule has 0 saturated heterocycles. The van der Waals surface area contributed by atoms with Gasteiger partial charge in [0.15, 0.2) is 5.69 Å². The Morgan fingerprint density at radius 1 is 1.35 bits per heavy atom. The van der Waals surface area contributed by atoms with Gasteiger partial charge < -0.3 is 15.5 Å². The first-order valence-electron chi connectivity index (χ1n) is 7.83. The Morgan fingerprint density at radius 3 is 2.87 bits per heavy atom. The smallest absolute Gasteiger partial charge is 0.274 e. The predicted octanol–water partition coefficient (Wildman–Crippen LogP) is 0.581. The molecule has 1 amide bonds. The number of aliphatic hydroxyl groups excluding tert-OH is 2. The van der Waals surface area contributed by atoms with Gasteiger partial charge in [-0.05, 0) is 42.7 Å². The Morgan fingerprint density at radius 2 is 2.17 bits per heavy atom. The number of carbonyl (C=O) groups excluding carboxylic acids is 1. The van der Waals surface area contributed by atoms with Gasteiger partial charge in [0.1, 0.15) is 5.65 Å². The molecule has 2 fully saturated rings. The quantitative estimate of drug-likeness (QED) is 0.772. The van der Waals surface area contributed by atoms with Crippen molar-refractivity contribution in [3.05, 3.63) is 36.0 Å². The van der Waals surface area contributed by atoms with E-state index in [0.29, 0.717) is 12.2 Å². The molecule has 2 aromatic rings. The number of fused-ring (bicyclic) bond motifs is 3. The summed E-state index contributed by atoms with van der Waals surface area (Å²) >= 11 is 0. The lowest BCUT2D eigenvalue weighted by Gasteiger charge is -2.29. The second-order valence-electron chi connectivity index (χ2n) is 6.53. The van der Waals surface area contributed by atoms with E-state index in [2.05, 4.69) is 10.3 Å². The fourth-order valence-electron chi connectivity index (χ4n) is 4.08. The number of amides is 1. The molecule has 0 radical (unpaired) electrons. The summed E-state index contributed by atoms with van der Waals surface area (Å²) in [6.45, 7) is 0.358. The molecule has 0 unspecified atom stereocenters. The normalized spacial score (nSPS) is 32.6. The molecule has 0 aromatic carbocycles. The predicted molar refractivity (Wildman–Crippen MR) is 79.2 cm³/mol. The fourth-order valence-corrected chi connectivity index (χ4v) is 4.08. The number of hydrogen-bond donors (Lipinski definition) is 3. The standard InChI is InChI=1S/C16H18FN3O3/c17-15-12(19-11-3-1-2-4-20(11)15)16(23)18-7-9-5-8-6-10(9)14(22)13(8)21/h1-4,8-10,13-14,21-22H,5-7H2,(H,18,23)/t8-,9-,10-,13+,14-/m1/s1. The number of imidazole rings is 1. The number of pyridine rings is 1. The van der Waals surface area contributed by atoms with Crippen LogP contribution in [0.2, 0.25) is 0 Å². The minimum Gasteiger partial charge on any atom is -0.390 e. The molecule has 7 heteroatoms. The Balaban J connectivity index is 1.45. The van der Waals surface area contributed by atoms with Crippen molar-refractivity contribution in [1.29, 1.82) is 0 Å². The number of nitrogens with zero attached hydrogens (tertiary/aromatic N) is 2. The van der Waals surface area contributed by atoms with Crippen LogP contribution in [-0.4, -0.2) is 44.3 Å². The number of hydrogen-bond acceptors (Lipinski definition) is 4. The highest BCUT2D eigenvalue weighted by Crippen LogP contribution is 2.48. The molecule has 5 atom stereocenters. The third-order valence-electron chi connectivity index (χ3n) is 5.27. The van der Waals surface area contributed by atoms with Gasteiger partial charge in [-0.2, -0.15) is 4.39 Å². The van der Waals surface area contributed by atoms with Crippen LogP contribution < -0.4 is 5.32 Å². The number of aliphatic hydroxyl groups is 2. The van der Waals surface area contributed by atoms with Gasteiger partial charge in [-0.15, -0.1) is 0 Å². The summed E-state index contributed by atoms with van der Waals surface area (Å²) in [6.07, 6.45) is 1.70. The molecule has 2 aliphatic rings. The van der Waals surface area contributed by atoms with E-state index in [1.165, 1.54) is 10.6 Å². The van der Waals surface area contributed by atoms with E-state index in [1.807, 2.05) is 0 Å². The first-order chi connectivity index (χ1) is 11.1. The van der Waals surface area contributed by atoms with Crippen LogP contribution in [0.15, 0.2) is 24.4 Å². The van der Waals surface area contributed by atoms with Gasteiger partial charge in [-0.3, -0.25) is 9.20 Å². The SMILES string of the molecule is O=C(NC[C@H]1C[C@@H]2C[C@H]1[C@@H](O)[C@H]2O)c1nc2ccccn2c1F. The van der Waals surface area contributed by atoms with Crippen LogP contribution in [0, 0.1) is 23.7 Å². The van der Waals surface area contributed by atoms with Crippen LogP contribution in [0.5, 0.6) is 0 Å². The zero-order valence-corrected chi connectivity index (χ0v) is 12.4. The lowest BCUT2D eigenvalue weighted by atomic mass is 9.85. The van der Waals surface area contributed by atoms with Crippen molar-refractivity contribution in [3.63, 3.8) is 0 Å². The number of nitrogens with one attached hydrogen (secondary N) is 1. The topological polar surface area (TPSA) is 86.9 Å². The van der Waals surface area contributed by atoms with Crippen molar-refractivity contribution >= 4 is 11.6 Å². The average Bonchev–Trinajstić information content (AvgIpc) is 3.20. The summed E-state index contributed by atoms with van der Waals surface area (Å²) < 4.78 is 15.4. The Hall–Kier alpha value is -1.99. The molecule has 0 aliphatic heterocycles. The van der Waals surface area contributed by atoms with Crippen LogP contribution in [0.25, 0.3) is 5.65 Å². The van der Waals surface area contributed by atoms with E-state index in [1.54, 1.807) is 18.2 Å². The first kappa shape index (κ1) is 14.6. The van der Waals surface area contributed by atoms with Crippen LogP contribution >= 0.6 is 0 Å². The molecular formula is C16H18FN3O3. The van der Waals surface area contributed by atoms with Gasteiger partial charge in [0.05, 0.1) is 12.2 Å². The molecule has 4 rings (SSSR count). The number of carbonyl (C=O) groups is 1. The lowest BCUT2D eigenvalue weighted by molar-refractivity contribution is -0.0332. The van der Waals surface area contributed by atoms with E-state index >= 15 is 0 Å². The van der Waals surface area contributed by atoms with Gasteiger partial charge in [0, 0.05) is 12.7 Å². The van der Waals surface area contributed by atoms with Crippen LogP contribution in [0.1, 0.15) is 23.3 Å². The highest BCUT2D eigenvalue weighted by Gasteiger charge is 2.51. The monoisotopic (exact) mass is 319 g/mol. The van der Waals surface area contributed by atoms with Crippen molar-refractivity contribution in [3.8, 4) is 0 Å². The second-order valence-corrected chi connectivity index (χ2v) is 6.53. The molecule has 2 saturated carbocycles. The van der Waals surface area contributed by atoms with Crippen molar-refractivity contribution in [1.82, 2.24) is 14.7 Å². The van der Waals surface area contributed by atoms with Crippen molar-refractivity contribution in [2.45, 2.75) is 25.0 Å². The molecule has 2 aliphatic carbocycles. The van der Waals surface area contributed by atoms with Crippen LogP contribution in [0.3, 0.4) is 0 Å². The number of aromatic nitrogens is 2. The molecule has 2 bridgehead atoms. The first-order valence-corrected chi connectivity index (χ1v) is 7.83. The average molecular weight is 319 g/mol. The van der Waals surface area contributed by atoms with E-state index < -0.39 is 24.1 Å². The summed E-state index contributed by atoms with van der Waals surface area (Å²) in [5.74, 6) is -1.02. The van der Waals surface area contributed by atoms with E-state index in [-0.39, 0.29) is 23.4 Å². The summed E-state index contributed by atoms with van der Waals surface area (Å²) in [5.41, 5.74) is 0.161. The highest BCUT2D eigenvalue weighted by molar-refractivity contribution is 5.93. The van der Waals surface area contributed by atoms with Crippen molar-refractivity contribution in [2.24, 2.45) is 17.8 Å². The lowest BCUT2D eigenvalue weighted by Crippen LogP contribution is -2.41. The maximum absolute atomic E-state index is 14.2. The number of halogens is 1. The van der Waals surface area contributed by atoms with E-state index in [0.717, 1.165) is 12.8 Å². The van der Waals surface area contributed by atoms with Crippen molar-refractivity contribution < 1.29 is 19.4 Å². The summed E-state index contributed by atoms with van der Waals surface area (Å²) in [6, 6.07) is 5.03. The molecule has 2 heterocycles. The molecular weight excluding hydrogens is 301 g/mol. The molecule has 2 aromatic heterocycles. The van der Waals surface area contributed by atoms with E-state index in [4.69, 9.17) is 0 Å². The fraction of sp³-hybridized carbons (Fsp3) is 0.500. The van der Waals surface area contributed by atoms with Gasteiger partial charge in [-0.1, -0.05) is 6.07 Å². The van der Waals surface area contributed by atoms with Gasteiger partial charge in [0.25, 0.3) is 5.91 Å². The molecule has 3 N–H and O–H groups in total. The molecule has 23 heavy (non-hydrogen) atoms. The van der Waals surface area contributed by atoms with Gasteiger partial charge in [-0.25, -0.2) is 4.98 Å². The largest absolute Gasteiger partial charge is 0.390 e. The number of rotatable bonds is 3. The minimum atomic E-state index is -0.720. The third-order valence-corrected chi connectivity index (χ3v) is 5.27. The maximum Gasteiger partial charge on any atom is 0.274 e. The van der Waals surface area contributed by atoms with Gasteiger partial charge in [0.2, 0.25) is 5.95 Å². The Labute approximate surface area is 132 Å². The molecule has 0 spiro atoms. The highest BCUT2D eigenvalue weighted by atomic mass is 19.1. The maximum atomic E-state index is 14.2. The summed E-state index contributed by atoms with van der Waals surface area (Å²) in [4.78, 5) is 16.2. The van der Waals surface area contributed by atoms with Crippen molar-refractivity contribution in [2.75, 3.05) is 6.54 Å². The summed E-state index contributed by atoms with van der Waals surface area (Å²) in [5, 5.41) is 22.4. The minimum absolute atomic E-state index is 0.00113. The van der Waals surface area contributed by atoms with E-state index in [9.17, 15) is 19.4 Å². The Kier molecular flexibility index (Phi) is 3.35.